The lowest BCUT2D eigenvalue weighted by molar-refractivity contribution is 0.874. The predicted molar refractivity (Wildman–Crippen MR) is 59.8 cm³/mol. The maximum absolute atomic E-state index is 4.57. The van der Waals surface area contributed by atoms with Gasteiger partial charge in [-0.25, -0.2) is 4.98 Å². The van der Waals surface area contributed by atoms with E-state index in [0.29, 0.717) is 6.04 Å². The zero-order valence-electron chi connectivity index (χ0n) is 9.22. The molecule has 76 valence electrons. The van der Waals surface area contributed by atoms with Crippen molar-refractivity contribution in [3.8, 4) is 0 Å². The topological polar surface area (TPSA) is 24.9 Å². The fourth-order valence-corrected chi connectivity index (χ4v) is 2.12. The molecule has 2 rings (SSSR count). The van der Waals surface area contributed by atoms with Crippen molar-refractivity contribution in [2.45, 2.75) is 46.1 Å². The molecule has 0 fully saturated rings. The fourth-order valence-electron chi connectivity index (χ4n) is 2.12. The van der Waals surface area contributed by atoms with Gasteiger partial charge in [-0.1, -0.05) is 0 Å². The zero-order chi connectivity index (χ0) is 10.1. The number of anilines is 1. The highest BCUT2D eigenvalue weighted by molar-refractivity contribution is 5.52. The van der Waals surface area contributed by atoms with Crippen molar-refractivity contribution < 1.29 is 0 Å². The van der Waals surface area contributed by atoms with Gasteiger partial charge in [0.1, 0.15) is 5.82 Å². The molecule has 0 radical (unpaired) electrons. The molecule has 0 unspecified atom stereocenters. The van der Waals surface area contributed by atoms with Gasteiger partial charge in [-0.3, -0.25) is 0 Å². The summed E-state index contributed by atoms with van der Waals surface area (Å²) in [6, 6.07) is 2.70. The van der Waals surface area contributed by atoms with E-state index in [1.165, 1.54) is 30.4 Å². The molecule has 1 aliphatic carbocycles. The SMILES string of the molecule is Cc1cc2c(c(NC(C)C)n1)CCC2. The maximum Gasteiger partial charge on any atom is 0.129 e. The van der Waals surface area contributed by atoms with Gasteiger partial charge in [0.15, 0.2) is 0 Å². The Balaban J connectivity index is 2.38. The van der Waals surface area contributed by atoms with Crippen LogP contribution >= 0.6 is 0 Å². The Kier molecular flexibility index (Phi) is 2.44. The molecule has 2 nitrogen and oxygen atoms in total. The minimum atomic E-state index is 0.467. The lowest BCUT2D eigenvalue weighted by Gasteiger charge is -2.14. The molecule has 1 heterocycles. The number of aryl methyl sites for hydroxylation is 2. The van der Waals surface area contributed by atoms with E-state index in [-0.39, 0.29) is 0 Å². The van der Waals surface area contributed by atoms with Crippen molar-refractivity contribution >= 4 is 5.82 Å². The molecule has 0 aliphatic heterocycles. The summed E-state index contributed by atoms with van der Waals surface area (Å²) >= 11 is 0. The molecule has 0 saturated heterocycles. The summed E-state index contributed by atoms with van der Waals surface area (Å²) in [5, 5.41) is 3.43. The van der Waals surface area contributed by atoms with Crippen LogP contribution in [0.15, 0.2) is 6.07 Å². The van der Waals surface area contributed by atoms with Crippen LogP contribution in [-0.4, -0.2) is 11.0 Å². The number of hydrogen-bond acceptors (Lipinski definition) is 2. The zero-order valence-corrected chi connectivity index (χ0v) is 9.22. The Morgan fingerprint density at radius 2 is 2.14 bits per heavy atom. The van der Waals surface area contributed by atoms with Crippen molar-refractivity contribution in [3.63, 3.8) is 0 Å². The molecule has 0 atom stereocenters. The molecule has 0 spiro atoms. The molecule has 2 heteroatoms. The minimum absolute atomic E-state index is 0.467. The number of fused-ring (bicyclic) bond motifs is 1. The molecular weight excluding hydrogens is 172 g/mol. The van der Waals surface area contributed by atoms with E-state index in [2.05, 4.69) is 37.1 Å². The standard InChI is InChI=1S/C12H18N2/c1-8(2)13-12-11-6-4-5-10(11)7-9(3)14-12/h7-8H,4-6H2,1-3H3,(H,13,14). The molecule has 0 bridgehead atoms. The summed E-state index contributed by atoms with van der Waals surface area (Å²) in [7, 11) is 0. The van der Waals surface area contributed by atoms with E-state index in [1.807, 2.05) is 0 Å². The van der Waals surface area contributed by atoms with Crippen molar-refractivity contribution in [1.29, 1.82) is 0 Å². The Bertz CT molecular complexity index is 342. The summed E-state index contributed by atoms with van der Waals surface area (Å²) in [5.41, 5.74) is 4.08. The molecule has 1 aliphatic rings. The van der Waals surface area contributed by atoms with Crippen molar-refractivity contribution in [2.24, 2.45) is 0 Å². The van der Waals surface area contributed by atoms with E-state index in [1.54, 1.807) is 0 Å². The number of nitrogens with zero attached hydrogens (tertiary/aromatic N) is 1. The average Bonchev–Trinajstić information content (AvgIpc) is 2.50. The highest BCUT2D eigenvalue weighted by atomic mass is 15.0. The van der Waals surface area contributed by atoms with Crippen LogP contribution in [0.5, 0.6) is 0 Å². The van der Waals surface area contributed by atoms with E-state index in [4.69, 9.17) is 0 Å². The summed E-state index contributed by atoms with van der Waals surface area (Å²) < 4.78 is 0. The average molecular weight is 190 g/mol. The maximum atomic E-state index is 4.57. The second-order valence-electron chi connectivity index (χ2n) is 4.40. The highest BCUT2D eigenvalue weighted by Crippen LogP contribution is 2.28. The van der Waals surface area contributed by atoms with Crippen LogP contribution in [0.25, 0.3) is 0 Å². The summed E-state index contributed by atoms with van der Waals surface area (Å²) in [4.78, 5) is 4.57. The summed E-state index contributed by atoms with van der Waals surface area (Å²) in [5.74, 6) is 1.12. The second kappa shape index (κ2) is 3.60. The van der Waals surface area contributed by atoms with Crippen LogP contribution in [0.3, 0.4) is 0 Å². The molecule has 0 aromatic carbocycles. The van der Waals surface area contributed by atoms with Crippen LogP contribution in [0.1, 0.15) is 37.1 Å². The third-order valence-electron chi connectivity index (χ3n) is 2.64. The van der Waals surface area contributed by atoms with Crippen molar-refractivity contribution in [2.75, 3.05) is 5.32 Å². The van der Waals surface area contributed by atoms with Gasteiger partial charge in [0, 0.05) is 11.7 Å². The van der Waals surface area contributed by atoms with E-state index < -0.39 is 0 Å². The van der Waals surface area contributed by atoms with Crippen LogP contribution in [0, 0.1) is 6.92 Å². The minimum Gasteiger partial charge on any atom is -0.368 e. The van der Waals surface area contributed by atoms with Crippen LogP contribution < -0.4 is 5.32 Å². The first-order valence-corrected chi connectivity index (χ1v) is 5.43. The summed E-state index contributed by atoms with van der Waals surface area (Å²) in [6.07, 6.45) is 3.70. The van der Waals surface area contributed by atoms with Crippen LogP contribution in [0.2, 0.25) is 0 Å². The van der Waals surface area contributed by atoms with Gasteiger partial charge in [0.25, 0.3) is 0 Å². The first-order chi connectivity index (χ1) is 6.66. The van der Waals surface area contributed by atoms with E-state index in [9.17, 15) is 0 Å². The first-order valence-electron chi connectivity index (χ1n) is 5.43. The number of hydrogen-bond donors (Lipinski definition) is 1. The quantitative estimate of drug-likeness (QED) is 0.775. The highest BCUT2D eigenvalue weighted by Gasteiger charge is 2.16. The van der Waals surface area contributed by atoms with Crippen molar-refractivity contribution in [3.05, 3.63) is 22.9 Å². The Morgan fingerprint density at radius 1 is 1.36 bits per heavy atom. The van der Waals surface area contributed by atoms with Crippen molar-refractivity contribution in [1.82, 2.24) is 4.98 Å². The molecule has 1 aromatic heterocycles. The molecule has 0 saturated carbocycles. The molecule has 1 aromatic rings. The predicted octanol–water partition coefficient (Wildman–Crippen LogP) is 2.70. The number of nitrogens with one attached hydrogen (secondary N) is 1. The number of pyridine rings is 1. The molecule has 1 N–H and O–H groups in total. The molecule has 14 heavy (non-hydrogen) atoms. The second-order valence-corrected chi connectivity index (χ2v) is 4.40. The van der Waals surface area contributed by atoms with Gasteiger partial charge < -0.3 is 5.32 Å². The molecular formula is C12H18N2. The van der Waals surface area contributed by atoms with Gasteiger partial charge >= 0.3 is 0 Å². The number of aromatic nitrogens is 1. The van der Waals surface area contributed by atoms with Crippen LogP contribution in [-0.2, 0) is 12.8 Å². The first kappa shape index (κ1) is 9.50. The molecule has 0 amide bonds. The third-order valence-corrected chi connectivity index (χ3v) is 2.64. The van der Waals surface area contributed by atoms with E-state index in [0.717, 1.165) is 11.5 Å². The van der Waals surface area contributed by atoms with E-state index >= 15 is 0 Å². The number of rotatable bonds is 2. The Morgan fingerprint density at radius 3 is 2.86 bits per heavy atom. The lowest BCUT2D eigenvalue weighted by Crippen LogP contribution is -2.13. The van der Waals surface area contributed by atoms with Gasteiger partial charge in [0.2, 0.25) is 0 Å². The Labute approximate surface area is 85.7 Å². The largest absolute Gasteiger partial charge is 0.368 e. The third kappa shape index (κ3) is 1.74. The lowest BCUT2D eigenvalue weighted by atomic mass is 10.1. The smallest absolute Gasteiger partial charge is 0.129 e. The normalized spacial score (nSPS) is 14.6. The summed E-state index contributed by atoms with van der Waals surface area (Å²) in [6.45, 7) is 6.39. The Hall–Kier alpha value is -1.05. The monoisotopic (exact) mass is 190 g/mol. The van der Waals surface area contributed by atoms with Gasteiger partial charge in [-0.15, -0.1) is 0 Å². The fraction of sp³-hybridized carbons (Fsp3) is 0.583. The van der Waals surface area contributed by atoms with Gasteiger partial charge in [-0.05, 0) is 57.2 Å². The van der Waals surface area contributed by atoms with Crippen LogP contribution in [0.4, 0.5) is 5.82 Å². The van der Waals surface area contributed by atoms with Gasteiger partial charge in [0.05, 0.1) is 0 Å². The van der Waals surface area contributed by atoms with Gasteiger partial charge in [-0.2, -0.15) is 0 Å².